The average molecular weight is 468 g/mol. The Kier molecular flexibility index (Phi) is 13.3. The molecule has 0 aliphatic rings. The van der Waals surface area contributed by atoms with Gasteiger partial charge in [0, 0.05) is 60.6 Å². The Labute approximate surface area is 179 Å². The van der Waals surface area contributed by atoms with Gasteiger partial charge in [-0.05, 0) is 0 Å². The first-order chi connectivity index (χ1) is 8.92. The molecule has 0 heterocycles. The molecule has 0 aromatic heterocycles. The van der Waals surface area contributed by atoms with Crippen LogP contribution in [-0.2, 0) is 19.2 Å². The third-order valence-electron chi connectivity index (χ3n) is 2.83. The predicted molar refractivity (Wildman–Crippen MR) is 52.3 cm³/mol. The van der Waals surface area contributed by atoms with E-state index in [2.05, 4.69) is 0 Å². The molecule has 0 spiro atoms. The SMILES string of the molecule is NC(CC(=O)[O-])(CC(=O)[O-])C(N)(CC(=O)[O-])CC(=O)[O-].[Gd+3].[Na+]. The molecule has 0 aliphatic carbocycles. The molecular weight excluding hydrogens is 456 g/mol. The van der Waals surface area contributed by atoms with Gasteiger partial charge < -0.3 is 51.1 Å². The van der Waals surface area contributed by atoms with Gasteiger partial charge in [-0.1, -0.05) is 0 Å². The topological polar surface area (TPSA) is 213 Å². The zero-order valence-corrected chi connectivity index (χ0v) is 15.9. The molecule has 1 radical (unpaired) electrons. The molecule has 12 heteroatoms. The Morgan fingerprint density at radius 2 is 0.773 bits per heavy atom. The first kappa shape index (κ1) is 27.0. The predicted octanol–water partition coefficient (Wildman–Crippen LogP) is -10.1. The molecule has 0 unspecified atom stereocenters. The minimum atomic E-state index is -2.43. The van der Waals surface area contributed by atoms with Crippen molar-refractivity contribution in [2.24, 2.45) is 11.5 Å². The van der Waals surface area contributed by atoms with Crippen LogP contribution in [0.15, 0.2) is 0 Å². The largest absolute Gasteiger partial charge is 3.00 e. The molecule has 0 aromatic rings. The third-order valence-corrected chi connectivity index (χ3v) is 2.83. The van der Waals surface area contributed by atoms with E-state index in [1.165, 1.54) is 0 Å². The summed E-state index contributed by atoms with van der Waals surface area (Å²) in [6.45, 7) is 0. The summed E-state index contributed by atoms with van der Waals surface area (Å²) in [5, 5.41) is 42.5. The summed E-state index contributed by atoms with van der Waals surface area (Å²) < 4.78 is 0. The van der Waals surface area contributed by atoms with Gasteiger partial charge in [0.1, 0.15) is 0 Å². The summed E-state index contributed by atoms with van der Waals surface area (Å²) in [5.41, 5.74) is 6.20. The van der Waals surface area contributed by atoms with Crippen LogP contribution in [0.5, 0.6) is 0 Å². The first-order valence-corrected chi connectivity index (χ1v) is 5.29. The van der Waals surface area contributed by atoms with Crippen LogP contribution in [0.1, 0.15) is 25.7 Å². The number of hydrogen-bond acceptors (Lipinski definition) is 10. The van der Waals surface area contributed by atoms with Crippen molar-refractivity contribution in [2.45, 2.75) is 36.8 Å². The Hall–Kier alpha value is 0.125. The van der Waals surface area contributed by atoms with Crippen LogP contribution in [0.4, 0.5) is 0 Å². The van der Waals surface area contributed by atoms with Crippen LogP contribution in [0.2, 0.25) is 0 Å². The monoisotopic (exact) mass is 469 g/mol. The fourth-order valence-corrected chi connectivity index (χ4v) is 1.86. The Balaban J connectivity index is -0.00000180. The van der Waals surface area contributed by atoms with Crippen LogP contribution in [0, 0.1) is 39.9 Å². The molecule has 0 atom stereocenters. The van der Waals surface area contributed by atoms with Gasteiger partial charge in [0.2, 0.25) is 0 Å². The van der Waals surface area contributed by atoms with E-state index in [0.29, 0.717) is 0 Å². The summed E-state index contributed by atoms with van der Waals surface area (Å²) in [7, 11) is 0. The van der Waals surface area contributed by atoms with Crippen LogP contribution in [0.3, 0.4) is 0 Å². The number of carbonyl (C=O) groups is 4. The van der Waals surface area contributed by atoms with Crippen molar-refractivity contribution < 1.29 is 109 Å². The van der Waals surface area contributed by atoms with E-state index in [1.54, 1.807) is 0 Å². The summed E-state index contributed by atoms with van der Waals surface area (Å²) in [4.78, 5) is 42.5. The second kappa shape index (κ2) is 10.8. The second-order valence-electron chi connectivity index (χ2n) is 4.51. The zero-order valence-electron chi connectivity index (χ0n) is 11.6. The van der Waals surface area contributed by atoms with E-state index in [4.69, 9.17) is 11.5 Å². The molecule has 0 saturated heterocycles. The van der Waals surface area contributed by atoms with Crippen molar-refractivity contribution in [1.29, 1.82) is 0 Å². The van der Waals surface area contributed by atoms with Gasteiger partial charge in [0.15, 0.2) is 0 Å². The first-order valence-electron chi connectivity index (χ1n) is 5.29. The van der Waals surface area contributed by atoms with Gasteiger partial charge in [-0.2, -0.15) is 0 Å². The number of carboxylic acids is 4. The fourth-order valence-electron chi connectivity index (χ4n) is 1.86. The maximum Gasteiger partial charge on any atom is 3.00 e. The van der Waals surface area contributed by atoms with E-state index < -0.39 is 60.6 Å². The van der Waals surface area contributed by atoms with Crippen molar-refractivity contribution in [3.05, 3.63) is 0 Å². The van der Waals surface area contributed by atoms with E-state index in [1.807, 2.05) is 0 Å². The summed E-state index contributed by atoms with van der Waals surface area (Å²) in [5.74, 6) is -7.33. The van der Waals surface area contributed by atoms with E-state index >= 15 is 0 Å². The van der Waals surface area contributed by atoms with Crippen molar-refractivity contribution in [3.8, 4) is 0 Å². The molecule has 119 valence electrons. The molecule has 0 aliphatic heterocycles. The van der Waals surface area contributed by atoms with Gasteiger partial charge in [-0.3, -0.25) is 0 Å². The molecule has 0 aromatic carbocycles. The maximum atomic E-state index is 10.6. The zero-order chi connectivity index (χ0) is 16.1. The molecule has 0 saturated carbocycles. The standard InChI is InChI=1S/C10H16N2O8.Gd.Na/c11-9(1-5(13)14,2-6(15)16)10(12,3-7(17)18)4-8(19)20;;/h1-4,11-12H2,(H,13,14)(H,15,16)(H,17,18)(H,19,20);;/q;+3;+1/p-4. The van der Waals surface area contributed by atoms with E-state index in [9.17, 15) is 39.6 Å². The van der Waals surface area contributed by atoms with Gasteiger partial charge in [-0.15, -0.1) is 0 Å². The minimum absolute atomic E-state index is 0. The van der Waals surface area contributed by atoms with Gasteiger partial charge >= 0.3 is 69.5 Å². The van der Waals surface area contributed by atoms with Crippen molar-refractivity contribution in [3.63, 3.8) is 0 Å². The van der Waals surface area contributed by atoms with Crippen molar-refractivity contribution >= 4 is 23.9 Å². The number of nitrogens with two attached hydrogens (primary N) is 2. The molecule has 0 amide bonds. The molecular formula is C10H12GdN2NaO8. The van der Waals surface area contributed by atoms with Crippen LogP contribution in [-0.4, -0.2) is 35.0 Å². The molecule has 0 bridgehead atoms. The van der Waals surface area contributed by atoms with Crippen molar-refractivity contribution in [1.82, 2.24) is 0 Å². The number of aliphatic carboxylic acids is 4. The second-order valence-corrected chi connectivity index (χ2v) is 4.51. The van der Waals surface area contributed by atoms with E-state index in [0.717, 1.165) is 0 Å². The molecule has 0 fully saturated rings. The average Bonchev–Trinajstić information content (AvgIpc) is 2.10. The molecule has 22 heavy (non-hydrogen) atoms. The summed E-state index contributed by atoms with van der Waals surface area (Å²) in [6, 6.07) is 0. The van der Waals surface area contributed by atoms with Gasteiger partial charge in [0.05, 0.1) is 0 Å². The normalized spacial score (nSPS) is 10.8. The quantitative estimate of drug-likeness (QED) is 0.305. The maximum absolute atomic E-state index is 10.6. The Bertz CT molecular complexity index is 373. The number of hydrogen-bond donors (Lipinski definition) is 2. The van der Waals surface area contributed by atoms with Gasteiger partial charge in [-0.25, -0.2) is 0 Å². The Morgan fingerprint density at radius 1 is 0.636 bits per heavy atom. The summed E-state index contributed by atoms with van der Waals surface area (Å²) in [6.07, 6.45) is -4.73. The molecule has 0 rings (SSSR count). The van der Waals surface area contributed by atoms with E-state index in [-0.39, 0.29) is 69.5 Å². The summed E-state index contributed by atoms with van der Waals surface area (Å²) >= 11 is 0. The van der Waals surface area contributed by atoms with Crippen LogP contribution in [0.25, 0.3) is 0 Å². The van der Waals surface area contributed by atoms with Crippen molar-refractivity contribution in [2.75, 3.05) is 0 Å². The van der Waals surface area contributed by atoms with Crippen LogP contribution < -0.4 is 61.5 Å². The molecule has 4 N–H and O–H groups in total. The number of carboxylic acid groups (broad SMARTS) is 4. The molecule has 10 nitrogen and oxygen atoms in total. The van der Waals surface area contributed by atoms with Gasteiger partial charge in [0.25, 0.3) is 0 Å². The smallest absolute Gasteiger partial charge is 0.550 e. The Morgan fingerprint density at radius 3 is 0.864 bits per heavy atom. The fraction of sp³-hybridized carbons (Fsp3) is 0.600. The third kappa shape index (κ3) is 8.68. The van der Waals surface area contributed by atoms with Crippen LogP contribution >= 0.6 is 0 Å². The number of carbonyl (C=O) groups excluding carboxylic acids is 4. The number of rotatable bonds is 9. The minimum Gasteiger partial charge on any atom is -0.550 e.